The molecule has 0 atom stereocenters. The van der Waals surface area contributed by atoms with E-state index < -0.39 is 15.6 Å². The van der Waals surface area contributed by atoms with Crippen molar-refractivity contribution in [1.82, 2.24) is 4.57 Å². The highest BCUT2D eigenvalue weighted by Gasteiger charge is 2.44. The van der Waals surface area contributed by atoms with E-state index >= 15 is 0 Å². The monoisotopic (exact) mass is 385 g/mol. The fourth-order valence-electron chi connectivity index (χ4n) is 2.30. The van der Waals surface area contributed by atoms with Crippen molar-refractivity contribution in [2.45, 2.75) is 83.2 Å². The molecule has 0 aliphatic carbocycles. The molecule has 0 aliphatic heterocycles. The summed E-state index contributed by atoms with van der Waals surface area (Å²) < 4.78 is 59.8. The lowest BCUT2D eigenvalue weighted by molar-refractivity contribution is -0.0510. The number of halogens is 3. The number of unbranched alkanes of at least 4 members (excludes halogenated alkanes) is 9. The van der Waals surface area contributed by atoms with Crippen LogP contribution in [0.5, 0.6) is 0 Å². The van der Waals surface area contributed by atoms with E-state index in [-0.39, 0.29) is 0 Å². The van der Waals surface area contributed by atoms with Gasteiger partial charge in [0.2, 0.25) is 0 Å². The molecule has 0 saturated carbocycles. The maximum Gasteiger partial charge on any atom is 0.522 e. The van der Waals surface area contributed by atoms with Crippen LogP contribution in [-0.2, 0) is 16.7 Å². The number of hydrogen-bond acceptors (Lipinski definition) is 2. The molecule has 0 aromatic carbocycles. The summed E-state index contributed by atoms with van der Waals surface area (Å²) in [6.07, 6.45) is 18.5. The van der Waals surface area contributed by atoms with E-state index in [0.29, 0.717) is 0 Å². The van der Waals surface area contributed by atoms with Gasteiger partial charge in [0.05, 0.1) is 0 Å². The van der Waals surface area contributed by atoms with E-state index in [9.17, 15) is 13.2 Å². The minimum Gasteiger partial charge on any atom is -0.354 e. The molecule has 0 aliphatic rings. The van der Waals surface area contributed by atoms with E-state index in [2.05, 4.69) is 36.0 Å². The summed E-state index contributed by atoms with van der Waals surface area (Å²) in [5, 5.41) is 0. The van der Waals surface area contributed by atoms with Crippen molar-refractivity contribution in [3.05, 3.63) is 24.5 Å². The van der Waals surface area contributed by atoms with Gasteiger partial charge in [0, 0.05) is 18.9 Å². The zero-order valence-corrected chi connectivity index (χ0v) is 15.7. The molecule has 1 rings (SSSR count). The third kappa shape index (κ3) is 13.9. The van der Waals surface area contributed by atoms with Crippen LogP contribution in [0.1, 0.15) is 71.1 Å². The minimum atomic E-state index is -5.84. The van der Waals surface area contributed by atoms with E-state index in [1.54, 1.807) is 0 Å². The Hall–Kier alpha value is -1.02. The first-order chi connectivity index (χ1) is 11.7. The first-order valence-electron chi connectivity index (χ1n) is 8.83. The molecule has 1 heterocycles. The third-order valence-electron chi connectivity index (χ3n) is 3.73. The van der Waals surface area contributed by atoms with Crippen LogP contribution >= 0.6 is 0 Å². The van der Waals surface area contributed by atoms with Crippen LogP contribution in [0.3, 0.4) is 0 Å². The molecule has 4 nitrogen and oxygen atoms in total. The number of aryl methyl sites for hydroxylation is 1. The van der Waals surface area contributed by atoms with Crippen molar-refractivity contribution in [2.75, 3.05) is 0 Å². The van der Waals surface area contributed by atoms with Gasteiger partial charge in [0.15, 0.2) is 0 Å². The highest BCUT2D eigenvalue weighted by molar-refractivity contribution is 7.86. The second-order valence-electron chi connectivity index (χ2n) is 6.02. The van der Waals surface area contributed by atoms with Gasteiger partial charge in [-0.15, -0.1) is 0 Å². The second-order valence-corrected chi connectivity index (χ2v) is 7.44. The van der Waals surface area contributed by atoms with Crippen molar-refractivity contribution in [3.63, 3.8) is 0 Å². The standard InChI is InChI=1S/C16H29N.CHF3O3S/c1-2-3-4-5-6-7-8-9-10-11-14-17-15-12-13-16-17;2-1(3,4)8(5,6)7/h12-13,15-16H,2-11,14H2,1H3;(H,5,6,7). The van der Waals surface area contributed by atoms with Crippen molar-refractivity contribution in [2.24, 2.45) is 0 Å². The Morgan fingerprint density at radius 2 is 1.20 bits per heavy atom. The van der Waals surface area contributed by atoms with Gasteiger partial charge in [-0.25, -0.2) is 0 Å². The Kier molecular flexibility index (Phi) is 12.7. The van der Waals surface area contributed by atoms with Gasteiger partial charge >= 0.3 is 15.6 Å². The van der Waals surface area contributed by atoms with Gasteiger partial charge < -0.3 is 4.57 Å². The first-order valence-corrected chi connectivity index (χ1v) is 10.3. The Labute approximate surface area is 149 Å². The smallest absolute Gasteiger partial charge is 0.354 e. The average Bonchev–Trinajstić information content (AvgIpc) is 3.01. The molecule has 25 heavy (non-hydrogen) atoms. The molecule has 1 aromatic heterocycles. The number of hydrogen-bond donors (Lipinski definition) is 1. The van der Waals surface area contributed by atoms with Crippen LogP contribution in [0.4, 0.5) is 13.2 Å². The van der Waals surface area contributed by atoms with Gasteiger partial charge in [-0.2, -0.15) is 21.6 Å². The molecule has 0 amide bonds. The molecular formula is C17H30F3NO3S. The minimum absolute atomic E-state index is 1.20. The topological polar surface area (TPSA) is 59.3 Å². The third-order valence-corrected chi connectivity index (χ3v) is 4.31. The molecular weight excluding hydrogens is 355 g/mol. The van der Waals surface area contributed by atoms with E-state index in [1.165, 1.54) is 70.8 Å². The van der Waals surface area contributed by atoms with Crippen LogP contribution in [-0.4, -0.2) is 23.0 Å². The lowest BCUT2D eigenvalue weighted by Crippen LogP contribution is -2.21. The summed E-state index contributed by atoms with van der Waals surface area (Å²) in [6, 6.07) is 4.21. The van der Waals surface area contributed by atoms with E-state index in [0.717, 1.165) is 0 Å². The van der Waals surface area contributed by atoms with E-state index in [4.69, 9.17) is 13.0 Å². The highest BCUT2D eigenvalue weighted by Crippen LogP contribution is 2.20. The summed E-state index contributed by atoms with van der Waals surface area (Å²) in [5.74, 6) is 0. The van der Waals surface area contributed by atoms with Gasteiger partial charge in [0.1, 0.15) is 0 Å². The average molecular weight is 385 g/mol. The molecule has 0 unspecified atom stereocenters. The lowest BCUT2D eigenvalue weighted by atomic mass is 10.1. The quantitative estimate of drug-likeness (QED) is 0.297. The lowest BCUT2D eigenvalue weighted by Gasteiger charge is -2.03. The molecule has 8 heteroatoms. The van der Waals surface area contributed by atoms with Crippen molar-refractivity contribution < 1.29 is 26.1 Å². The van der Waals surface area contributed by atoms with Crippen LogP contribution in [0.15, 0.2) is 24.5 Å². The fraction of sp³-hybridized carbons (Fsp3) is 0.765. The highest BCUT2D eigenvalue weighted by atomic mass is 32.2. The van der Waals surface area contributed by atoms with Gasteiger partial charge in [0.25, 0.3) is 0 Å². The molecule has 1 aromatic rings. The predicted molar refractivity (Wildman–Crippen MR) is 93.9 cm³/mol. The van der Waals surface area contributed by atoms with Crippen molar-refractivity contribution in [3.8, 4) is 0 Å². The fourth-order valence-corrected chi connectivity index (χ4v) is 2.30. The largest absolute Gasteiger partial charge is 0.522 e. The predicted octanol–water partition coefficient (Wildman–Crippen LogP) is 5.80. The number of alkyl halides is 3. The molecule has 1 N–H and O–H groups in total. The number of rotatable bonds is 11. The molecule has 0 radical (unpaired) electrons. The SMILES string of the molecule is CCCCCCCCCCCCn1cccc1.O=S(=O)(O)C(F)(F)F. The zero-order valence-electron chi connectivity index (χ0n) is 14.8. The van der Waals surface area contributed by atoms with Crippen molar-refractivity contribution in [1.29, 1.82) is 0 Å². The molecule has 0 spiro atoms. The zero-order chi connectivity index (χ0) is 19.2. The summed E-state index contributed by atoms with van der Waals surface area (Å²) >= 11 is 0. The Balaban J connectivity index is 0.000000609. The molecule has 148 valence electrons. The maximum atomic E-state index is 10.7. The van der Waals surface area contributed by atoms with Crippen LogP contribution in [0.2, 0.25) is 0 Å². The second kappa shape index (κ2) is 13.2. The van der Waals surface area contributed by atoms with Crippen LogP contribution in [0, 0.1) is 0 Å². The summed E-state index contributed by atoms with van der Waals surface area (Å²) in [5.41, 5.74) is -5.53. The Morgan fingerprint density at radius 1 is 0.840 bits per heavy atom. The van der Waals surface area contributed by atoms with E-state index in [1.807, 2.05) is 0 Å². The van der Waals surface area contributed by atoms with Gasteiger partial charge in [-0.3, -0.25) is 4.55 Å². The molecule has 0 fully saturated rings. The number of nitrogens with zero attached hydrogens (tertiary/aromatic N) is 1. The van der Waals surface area contributed by atoms with Crippen LogP contribution in [0.25, 0.3) is 0 Å². The van der Waals surface area contributed by atoms with Crippen molar-refractivity contribution >= 4 is 10.1 Å². The Bertz CT molecular complexity index is 514. The first kappa shape index (κ1) is 24.0. The van der Waals surface area contributed by atoms with Gasteiger partial charge in [-0.1, -0.05) is 64.7 Å². The summed E-state index contributed by atoms with van der Waals surface area (Å²) in [4.78, 5) is 0. The Morgan fingerprint density at radius 3 is 1.56 bits per heavy atom. The summed E-state index contributed by atoms with van der Waals surface area (Å²) in [6.45, 7) is 3.48. The molecule has 0 bridgehead atoms. The number of aromatic nitrogens is 1. The summed E-state index contributed by atoms with van der Waals surface area (Å²) in [7, 11) is -5.84. The normalized spacial score (nSPS) is 11.9. The van der Waals surface area contributed by atoms with Crippen LogP contribution < -0.4 is 0 Å². The molecule has 0 saturated heterocycles. The van der Waals surface area contributed by atoms with Gasteiger partial charge in [-0.05, 0) is 18.6 Å². The maximum absolute atomic E-state index is 10.7.